The Labute approximate surface area is 138 Å². The van der Waals surface area contributed by atoms with Crippen molar-refractivity contribution in [3.05, 3.63) is 35.4 Å². The van der Waals surface area contributed by atoms with Crippen LogP contribution in [0.25, 0.3) is 6.08 Å². The molecule has 0 fully saturated rings. The van der Waals surface area contributed by atoms with Crippen LogP contribution in [-0.2, 0) is 14.3 Å². The van der Waals surface area contributed by atoms with E-state index in [2.05, 4.69) is 25.0 Å². The lowest BCUT2D eigenvalue weighted by molar-refractivity contribution is -0.137. The average Bonchev–Trinajstić information content (AvgIpc) is 2.44. The van der Waals surface area contributed by atoms with E-state index < -0.39 is 14.0 Å². The van der Waals surface area contributed by atoms with Gasteiger partial charge < -0.3 is 10.1 Å². The monoisotopic (exact) mass is 330 g/mol. The third kappa shape index (κ3) is 7.43. The zero-order valence-corrected chi connectivity index (χ0v) is 15.0. The predicted octanol–water partition coefficient (Wildman–Crippen LogP) is 3.43. The summed E-state index contributed by atoms with van der Waals surface area (Å²) in [5.41, 5.74) is 1.32. The molecule has 6 heteroatoms. The number of hydrogen-bond donors (Lipinski definition) is 1. The van der Waals surface area contributed by atoms with Gasteiger partial charge in [-0.2, -0.15) is 5.26 Å². The van der Waals surface area contributed by atoms with Crippen molar-refractivity contribution >= 4 is 31.7 Å². The van der Waals surface area contributed by atoms with Crippen LogP contribution in [0.3, 0.4) is 0 Å². The number of ether oxygens (including phenoxy) is 1. The molecule has 0 saturated heterocycles. The topological polar surface area (TPSA) is 79.2 Å². The normalized spacial score (nSPS) is 11.5. The second-order valence-corrected chi connectivity index (χ2v) is 12.0. The lowest BCUT2D eigenvalue weighted by atomic mass is 10.1. The molecule has 0 aliphatic heterocycles. The number of rotatable bonds is 6. The number of anilines is 1. The largest absolute Gasteiger partial charge is 0.462 e. The van der Waals surface area contributed by atoms with Gasteiger partial charge in [0.05, 0.1) is 6.61 Å². The Kier molecular flexibility index (Phi) is 6.73. The van der Waals surface area contributed by atoms with Crippen molar-refractivity contribution in [2.45, 2.75) is 32.6 Å². The summed E-state index contributed by atoms with van der Waals surface area (Å²) in [6.07, 6.45) is 1.48. The van der Waals surface area contributed by atoms with Crippen LogP contribution in [-0.4, -0.2) is 26.6 Å². The van der Waals surface area contributed by atoms with Crippen LogP contribution in [0.4, 0.5) is 5.69 Å². The van der Waals surface area contributed by atoms with Crippen LogP contribution < -0.4 is 5.32 Å². The minimum atomic E-state index is -1.28. The molecule has 0 aliphatic carbocycles. The first kappa shape index (κ1) is 18.7. The number of esters is 1. The number of nitrogens with one attached hydrogen (secondary N) is 1. The Morgan fingerprint density at radius 2 is 1.87 bits per heavy atom. The molecule has 1 amide bonds. The molecule has 5 nitrogen and oxygen atoms in total. The van der Waals surface area contributed by atoms with Crippen LogP contribution in [0, 0.1) is 11.3 Å². The standard InChI is InChI=1S/C17H22N2O3Si/c1-13(20)19-16-7-5-14(6-8-16)11-15(12-18)17(21)22-9-10-23(2,3)4/h5-8,11H,9-10H2,1-4H3,(H,19,20)/b15-11+. The number of nitrogens with zero attached hydrogens (tertiary/aromatic N) is 1. The molecule has 0 atom stereocenters. The summed E-state index contributed by atoms with van der Waals surface area (Å²) in [4.78, 5) is 22.9. The highest BCUT2D eigenvalue weighted by Gasteiger charge is 2.16. The van der Waals surface area contributed by atoms with E-state index in [-0.39, 0.29) is 11.5 Å². The van der Waals surface area contributed by atoms with Crippen LogP contribution in [0.1, 0.15) is 12.5 Å². The number of carbonyl (C=O) groups excluding carboxylic acids is 2. The summed E-state index contributed by atoms with van der Waals surface area (Å²) in [6, 6.07) is 9.59. The zero-order chi connectivity index (χ0) is 17.5. The molecule has 1 N–H and O–H groups in total. The van der Waals surface area contributed by atoms with Crippen LogP contribution in [0.2, 0.25) is 25.7 Å². The van der Waals surface area contributed by atoms with Crippen molar-refractivity contribution in [1.29, 1.82) is 5.26 Å². The zero-order valence-electron chi connectivity index (χ0n) is 14.0. The number of hydrogen-bond acceptors (Lipinski definition) is 4. The number of benzene rings is 1. The van der Waals surface area contributed by atoms with Gasteiger partial charge in [0.1, 0.15) is 11.6 Å². The van der Waals surface area contributed by atoms with E-state index in [9.17, 15) is 9.59 Å². The highest BCUT2D eigenvalue weighted by atomic mass is 28.3. The van der Waals surface area contributed by atoms with Crippen molar-refractivity contribution in [3.63, 3.8) is 0 Å². The van der Waals surface area contributed by atoms with E-state index in [0.29, 0.717) is 17.9 Å². The van der Waals surface area contributed by atoms with E-state index >= 15 is 0 Å². The Bertz CT molecular complexity index is 637. The molecular formula is C17H22N2O3Si. The Balaban J connectivity index is 2.72. The summed E-state index contributed by atoms with van der Waals surface area (Å²) in [7, 11) is -1.28. The second-order valence-electron chi connectivity index (χ2n) is 6.42. The SMILES string of the molecule is CC(=O)Nc1ccc(/C=C(\C#N)C(=O)OCC[Si](C)(C)C)cc1. The van der Waals surface area contributed by atoms with E-state index in [1.165, 1.54) is 13.0 Å². The molecule has 1 aromatic carbocycles. The summed E-state index contributed by atoms with van der Waals surface area (Å²) in [6.45, 7) is 8.35. The molecular weight excluding hydrogens is 308 g/mol. The van der Waals surface area contributed by atoms with Gasteiger partial charge in [-0.05, 0) is 29.8 Å². The van der Waals surface area contributed by atoms with Crippen LogP contribution in [0.15, 0.2) is 29.8 Å². The first-order valence-corrected chi connectivity index (χ1v) is 11.1. The van der Waals surface area contributed by atoms with Gasteiger partial charge in [0.2, 0.25) is 5.91 Å². The fraction of sp³-hybridized carbons (Fsp3) is 0.353. The van der Waals surface area contributed by atoms with Gasteiger partial charge in [-0.25, -0.2) is 4.79 Å². The van der Waals surface area contributed by atoms with Crippen molar-refractivity contribution < 1.29 is 14.3 Å². The molecule has 0 saturated carbocycles. The Morgan fingerprint density at radius 1 is 1.26 bits per heavy atom. The molecule has 23 heavy (non-hydrogen) atoms. The van der Waals surface area contributed by atoms with Gasteiger partial charge in [-0.15, -0.1) is 0 Å². The number of amides is 1. The maximum absolute atomic E-state index is 11.9. The number of carbonyl (C=O) groups is 2. The summed E-state index contributed by atoms with van der Waals surface area (Å²) >= 11 is 0. The second kappa shape index (κ2) is 8.29. The number of nitriles is 1. The molecule has 0 spiro atoms. The highest BCUT2D eigenvalue weighted by molar-refractivity contribution is 6.76. The van der Waals surface area contributed by atoms with Crippen molar-refractivity contribution in [1.82, 2.24) is 0 Å². The molecule has 122 valence electrons. The third-order valence-corrected chi connectivity index (χ3v) is 4.67. The molecule has 0 heterocycles. The fourth-order valence-corrected chi connectivity index (χ4v) is 2.41. The van der Waals surface area contributed by atoms with Gasteiger partial charge in [-0.3, -0.25) is 4.79 Å². The molecule has 1 rings (SSSR count). The van der Waals surface area contributed by atoms with Crippen LogP contribution in [0.5, 0.6) is 0 Å². The fourth-order valence-electron chi connectivity index (χ4n) is 1.70. The third-order valence-electron chi connectivity index (χ3n) is 2.97. The predicted molar refractivity (Wildman–Crippen MR) is 93.4 cm³/mol. The first-order chi connectivity index (χ1) is 10.7. The highest BCUT2D eigenvalue weighted by Crippen LogP contribution is 2.14. The maximum atomic E-state index is 11.9. The van der Waals surface area contributed by atoms with Gasteiger partial charge >= 0.3 is 5.97 Å². The summed E-state index contributed by atoms with van der Waals surface area (Å²) < 4.78 is 5.17. The molecule has 0 aliphatic rings. The van der Waals surface area contributed by atoms with Crippen molar-refractivity contribution in [2.75, 3.05) is 11.9 Å². The summed E-state index contributed by atoms with van der Waals surface area (Å²) in [5, 5.41) is 11.8. The van der Waals surface area contributed by atoms with E-state index in [1.54, 1.807) is 24.3 Å². The molecule has 0 aromatic heterocycles. The molecule has 0 radical (unpaired) electrons. The van der Waals surface area contributed by atoms with Crippen LogP contribution >= 0.6 is 0 Å². The van der Waals surface area contributed by atoms with Gasteiger partial charge in [0.15, 0.2) is 0 Å². The van der Waals surface area contributed by atoms with Gasteiger partial charge in [0.25, 0.3) is 0 Å². The quantitative estimate of drug-likeness (QED) is 0.375. The molecule has 0 unspecified atom stereocenters. The van der Waals surface area contributed by atoms with E-state index in [1.807, 2.05) is 6.07 Å². The smallest absolute Gasteiger partial charge is 0.348 e. The average molecular weight is 330 g/mol. The van der Waals surface area contributed by atoms with Gasteiger partial charge in [-0.1, -0.05) is 31.8 Å². The molecule has 1 aromatic rings. The first-order valence-electron chi connectivity index (χ1n) is 7.38. The Morgan fingerprint density at radius 3 is 2.35 bits per heavy atom. The van der Waals surface area contributed by atoms with Gasteiger partial charge in [0, 0.05) is 20.7 Å². The lowest BCUT2D eigenvalue weighted by Crippen LogP contribution is -2.23. The van der Waals surface area contributed by atoms with Crippen molar-refractivity contribution in [3.8, 4) is 6.07 Å². The minimum absolute atomic E-state index is 0.0344. The summed E-state index contributed by atoms with van der Waals surface area (Å²) in [5.74, 6) is -0.756. The maximum Gasteiger partial charge on any atom is 0.348 e. The van der Waals surface area contributed by atoms with E-state index in [4.69, 9.17) is 10.00 Å². The minimum Gasteiger partial charge on any atom is -0.462 e. The van der Waals surface area contributed by atoms with E-state index in [0.717, 1.165) is 6.04 Å². The Hall–Kier alpha value is -2.39. The lowest BCUT2D eigenvalue weighted by Gasteiger charge is -2.15. The van der Waals surface area contributed by atoms with Crippen molar-refractivity contribution in [2.24, 2.45) is 0 Å². The molecule has 0 bridgehead atoms.